The van der Waals surface area contributed by atoms with Gasteiger partial charge in [-0.2, -0.15) is 0 Å². The molecule has 18 heavy (non-hydrogen) atoms. The number of benzene rings is 2. The van der Waals surface area contributed by atoms with Gasteiger partial charge in [0.15, 0.2) is 0 Å². The minimum atomic E-state index is 0. The Balaban J connectivity index is 0.00000162. The number of anilines is 1. The van der Waals surface area contributed by atoms with Crippen LogP contribution in [0.3, 0.4) is 0 Å². The zero-order chi connectivity index (χ0) is 12.1. The van der Waals surface area contributed by atoms with Gasteiger partial charge in [0.05, 0.1) is 7.11 Å². The normalized spacial score (nSPS) is 9.44. The first-order chi connectivity index (χ1) is 8.31. The van der Waals surface area contributed by atoms with Crippen molar-refractivity contribution in [1.29, 1.82) is 0 Å². The summed E-state index contributed by atoms with van der Waals surface area (Å²) < 4.78 is 5.15. The highest BCUT2D eigenvalue weighted by atomic mass is 35.5. The van der Waals surface area contributed by atoms with Crippen LogP contribution in [0.15, 0.2) is 48.5 Å². The largest absolute Gasteiger partial charge is 0.497 e. The number of nitrogens with one attached hydrogen (secondary N) is 1. The minimum absolute atomic E-state index is 0. The fourth-order valence-electron chi connectivity index (χ4n) is 1.82. The second-order valence-corrected chi connectivity index (χ2v) is 3.98. The maximum atomic E-state index is 5.15. The summed E-state index contributed by atoms with van der Waals surface area (Å²) in [6.45, 7) is 0. The third-order valence-electron chi connectivity index (χ3n) is 2.78. The standard InChI is InChI=1S/C15H17NO.ClH/c1-16-14-5-3-4-13(11-14)10-12-6-8-15(17-2)9-7-12;/h3-9,11,16H,10H2,1-2H3;1H. The lowest BCUT2D eigenvalue weighted by molar-refractivity contribution is 0.414. The SMILES string of the molecule is CNc1cccc(Cc2ccc(OC)cc2)c1.Cl. The number of halogens is 1. The van der Waals surface area contributed by atoms with Crippen LogP contribution >= 0.6 is 12.4 Å². The van der Waals surface area contributed by atoms with E-state index in [4.69, 9.17) is 4.74 Å². The molecule has 0 aliphatic carbocycles. The van der Waals surface area contributed by atoms with Crippen molar-refractivity contribution < 1.29 is 4.74 Å². The van der Waals surface area contributed by atoms with Crippen LogP contribution in [0, 0.1) is 0 Å². The number of hydrogen-bond acceptors (Lipinski definition) is 2. The van der Waals surface area contributed by atoms with E-state index in [2.05, 4.69) is 41.7 Å². The van der Waals surface area contributed by atoms with Crippen molar-refractivity contribution in [2.45, 2.75) is 6.42 Å². The van der Waals surface area contributed by atoms with Gasteiger partial charge in [-0.05, 0) is 41.8 Å². The maximum absolute atomic E-state index is 5.15. The summed E-state index contributed by atoms with van der Waals surface area (Å²) >= 11 is 0. The van der Waals surface area contributed by atoms with Gasteiger partial charge in [0.2, 0.25) is 0 Å². The van der Waals surface area contributed by atoms with Gasteiger partial charge in [0.1, 0.15) is 5.75 Å². The van der Waals surface area contributed by atoms with E-state index in [1.807, 2.05) is 19.2 Å². The van der Waals surface area contributed by atoms with E-state index in [0.29, 0.717) is 0 Å². The molecule has 0 aromatic heterocycles. The lowest BCUT2D eigenvalue weighted by Crippen LogP contribution is -1.92. The molecule has 0 fully saturated rings. The van der Waals surface area contributed by atoms with Crippen molar-refractivity contribution in [3.8, 4) is 5.75 Å². The molecule has 0 atom stereocenters. The van der Waals surface area contributed by atoms with Gasteiger partial charge in [0, 0.05) is 12.7 Å². The Kier molecular flexibility index (Phi) is 5.53. The zero-order valence-corrected chi connectivity index (χ0v) is 11.5. The van der Waals surface area contributed by atoms with Crippen molar-refractivity contribution in [3.05, 3.63) is 59.7 Å². The van der Waals surface area contributed by atoms with E-state index in [9.17, 15) is 0 Å². The van der Waals surface area contributed by atoms with Gasteiger partial charge in [-0.3, -0.25) is 0 Å². The van der Waals surface area contributed by atoms with Crippen molar-refractivity contribution in [2.75, 3.05) is 19.5 Å². The summed E-state index contributed by atoms with van der Waals surface area (Å²) in [4.78, 5) is 0. The molecule has 0 radical (unpaired) electrons. The average Bonchev–Trinajstić information content (AvgIpc) is 2.40. The first-order valence-electron chi connectivity index (χ1n) is 5.71. The highest BCUT2D eigenvalue weighted by Crippen LogP contribution is 2.17. The quantitative estimate of drug-likeness (QED) is 0.907. The monoisotopic (exact) mass is 263 g/mol. The first kappa shape index (κ1) is 14.4. The highest BCUT2D eigenvalue weighted by molar-refractivity contribution is 5.85. The van der Waals surface area contributed by atoms with Crippen LogP contribution < -0.4 is 10.1 Å². The average molecular weight is 264 g/mol. The summed E-state index contributed by atoms with van der Waals surface area (Å²) in [5, 5.41) is 3.15. The first-order valence-corrected chi connectivity index (χ1v) is 5.71. The van der Waals surface area contributed by atoms with E-state index in [-0.39, 0.29) is 12.4 Å². The van der Waals surface area contributed by atoms with E-state index in [1.165, 1.54) is 11.1 Å². The van der Waals surface area contributed by atoms with Gasteiger partial charge in [-0.1, -0.05) is 24.3 Å². The van der Waals surface area contributed by atoms with Crippen LogP contribution in [0.4, 0.5) is 5.69 Å². The third kappa shape index (κ3) is 3.67. The number of hydrogen-bond donors (Lipinski definition) is 1. The number of rotatable bonds is 4. The fraction of sp³-hybridized carbons (Fsp3) is 0.200. The van der Waals surface area contributed by atoms with E-state index < -0.39 is 0 Å². The zero-order valence-electron chi connectivity index (χ0n) is 10.6. The Bertz CT molecular complexity index is 482. The number of methoxy groups -OCH3 is 1. The molecule has 0 amide bonds. The topological polar surface area (TPSA) is 21.3 Å². The van der Waals surface area contributed by atoms with Crippen molar-refractivity contribution in [1.82, 2.24) is 0 Å². The van der Waals surface area contributed by atoms with E-state index >= 15 is 0 Å². The summed E-state index contributed by atoms with van der Waals surface area (Å²) in [6, 6.07) is 16.7. The Morgan fingerprint density at radius 1 is 1.00 bits per heavy atom. The Morgan fingerprint density at radius 3 is 2.33 bits per heavy atom. The summed E-state index contributed by atoms with van der Waals surface area (Å²) in [6.07, 6.45) is 0.944. The molecule has 0 unspecified atom stereocenters. The van der Waals surface area contributed by atoms with Crippen LogP contribution in [-0.4, -0.2) is 14.2 Å². The van der Waals surface area contributed by atoms with Gasteiger partial charge >= 0.3 is 0 Å². The third-order valence-corrected chi connectivity index (χ3v) is 2.78. The molecular formula is C15H18ClNO. The second kappa shape index (κ2) is 6.92. The molecular weight excluding hydrogens is 246 g/mol. The predicted octanol–water partition coefficient (Wildman–Crippen LogP) is 3.75. The van der Waals surface area contributed by atoms with Gasteiger partial charge < -0.3 is 10.1 Å². The van der Waals surface area contributed by atoms with Crippen LogP contribution in [0.1, 0.15) is 11.1 Å². The molecule has 2 rings (SSSR count). The summed E-state index contributed by atoms with van der Waals surface area (Å²) in [7, 11) is 3.62. The molecule has 0 saturated heterocycles. The molecule has 0 aliphatic heterocycles. The van der Waals surface area contributed by atoms with Crippen molar-refractivity contribution in [3.63, 3.8) is 0 Å². The van der Waals surface area contributed by atoms with Crippen LogP contribution in [0.2, 0.25) is 0 Å². The molecule has 0 aliphatic rings. The predicted molar refractivity (Wildman–Crippen MR) is 79.0 cm³/mol. The highest BCUT2D eigenvalue weighted by Gasteiger charge is 1.98. The Labute approximate surface area is 114 Å². The maximum Gasteiger partial charge on any atom is 0.118 e. The molecule has 0 saturated carbocycles. The Morgan fingerprint density at radius 2 is 1.72 bits per heavy atom. The lowest BCUT2D eigenvalue weighted by Gasteiger charge is -2.06. The molecule has 1 N–H and O–H groups in total. The van der Waals surface area contributed by atoms with Crippen molar-refractivity contribution in [2.24, 2.45) is 0 Å². The van der Waals surface area contributed by atoms with E-state index in [1.54, 1.807) is 7.11 Å². The molecule has 3 heteroatoms. The van der Waals surface area contributed by atoms with E-state index in [0.717, 1.165) is 17.9 Å². The smallest absolute Gasteiger partial charge is 0.118 e. The number of ether oxygens (including phenoxy) is 1. The molecule has 2 aromatic carbocycles. The van der Waals surface area contributed by atoms with Crippen LogP contribution in [-0.2, 0) is 6.42 Å². The molecule has 96 valence electrons. The minimum Gasteiger partial charge on any atom is -0.497 e. The van der Waals surface area contributed by atoms with Gasteiger partial charge in [-0.15, -0.1) is 12.4 Å². The molecule has 0 heterocycles. The second-order valence-electron chi connectivity index (χ2n) is 3.98. The summed E-state index contributed by atoms with van der Waals surface area (Å²) in [5.41, 5.74) is 3.75. The van der Waals surface area contributed by atoms with Gasteiger partial charge in [-0.25, -0.2) is 0 Å². The molecule has 0 spiro atoms. The Hall–Kier alpha value is -1.67. The molecule has 2 nitrogen and oxygen atoms in total. The molecule has 0 bridgehead atoms. The van der Waals surface area contributed by atoms with Gasteiger partial charge in [0.25, 0.3) is 0 Å². The molecule has 2 aromatic rings. The van der Waals surface area contributed by atoms with Crippen molar-refractivity contribution >= 4 is 18.1 Å². The lowest BCUT2D eigenvalue weighted by atomic mass is 10.0. The summed E-state index contributed by atoms with van der Waals surface area (Å²) in [5.74, 6) is 0.901. The van der Waals surface area contributed by atoms with Crippen LogP contribution in [0.5, 0.6) is 5.75 Å². The fourth-order valence-corrected chi connectivity index (χ4v) is 1.82. The van der Waals surface area contributed by atoms with Crippen LogP contribution in [0.25, 0.3) is 0 Å².